The Morgan fingerprint density at radius 3 is 2.57 bits per heavy atom. The average Bonchev–Trinajstić information content (AvgIpc) is 2.78. The minimum absolute atomic E-state index is 0.198. The molecule has 0 aliphatic heterocycles. The summed E-state index contributed by atoms with van der Waals surface area (Å²) in [5.74, 6) is -0.427. The second-order valence-electron chi connectivity index (χ2n) is 6.11. The van der Waals surface area contributed by atoms with Gasteiger partial charge in [-0.1, -0.05) is 18.2 Å². The van der Waals surface area contributed by atoms with E-state index in [9.17, 15) is 9.59 Å². The van der Waals surface area contributed by atoms with Crippen molar-refractivity contribution in [3.05, 3.63) is 89.2 Å². The number of carbonyl (C=O) groups excluding carboxylic acids is 1. The van der Waals surface area contributed by atoms with Crippen molar-refractivity contribution in [2.75, 3.05) is 7.11 Å². The number of carbonyl (C=O) groups is 2. The van der Waals surface area contributed by atoms with E-state index in [1.165, 1.54) is 31.7 Å². The van der Waals surface area contributed by atoms with E-state index in [4.69, 9.17) is 14.6 Å². The highest BCUT2D eigenvalue weighted by atomic mass is 16.5. The number of carboxylic acid groups (broad SMARTS) is 1. The normalized spacial score (nSPS) is 10.6. The molecule has 3 rings (SSSR count). The fraction of sp³-hybridized carbons (Fsp3) is 0.0909. The lowest BCUT2D eigenvalue weighted by molar-refractivity contribution is 0.0696. The van der Waals surface area contributed by atoms with Gasteiger partial charge in [0.05, 0.1) is 24.5 Å². The van der Waals surface area contributed by atoms with Crippen molar-refractivity contribution in [1.82, 2.24) is 10.4 Å². The third-order valence-electron chi connectivity index (χ3n) is 4.11. The predicted molar refractivity (Wildman–Crippen MR) is 110 cm³/mol. The van der Waals surface area contributed by atoms with E-state index < -0.39 is 5.97 Å². The van der Waals surface area contributed by atoms with Gasteiger partial charge in [0.2, 0.25) is 0 Å². The number of aromatic carboxylic acids is 1. The van der Waals surface area contributed by atoms with Gasteiger partial charge in [0, 0.05) is 18.0 Å². The molecular weight excluding hydrogens is 386 g/mol. The largest absolute Gasteiger partial charge is 0.493 e. The first-order valence-electron chi connectivity index (χ1n) is 8.94. The molecule has 8 heteroatoms. The van der Waals surface area contributed by atoms with Gasteiger partial charge in [-0.3, -0.25) is 9.78 Å². The molecule has 1 amide bonds. The van der Waals surface area contributed by atoms with Gasteiger partial charge in [-0.2, -0.15) is 5.10 Å². The van der Waals surface area contributed by atoms with E-state index in [1.807, 2.05) is 0 Å². The summed E-state index contributed by atoms with van der Waals surface area (Å²) in [6.07, 6.45) is 4.48. The number of nitrogens with one attached hydrogen (secondary N) is 1. The zero-order valence-corrected chi connectivity index (χ0v) is 16.1. The van der Waals surface area contributed by atoms with Crippen LogP contribution in [-0.2, 0) is 6.61 Å². The fourth-order valence-corrected chi connectivity index (χ4v) is 2.57. The molecule has 0 bridgehead atoms. The molecule has 1 aromatic heterocycles. The number of aromatic nitrogens is 1. The maximum atomic E-state index is 12.1. The molecule has 30 heavy (non-hydrogen) atoms. The molecule has 0 saturated carbocycles. The van der Waals surface area contributed by atoms with Gasteiger partial charge in [0.25, 0.3) is 5.91 Å². The Kier molecular flexibility index (Phi) is 6.73. The second-order valence-corrected chi connectivity index (χ2v) is 6.11. The number of methoxy groups -OCH3 is 1. The van der Waals surface area contributed by atoms with Crippen LogP contribution >= 0.6 is 0 Å². The smallest absolute Gasteiger partial charge is 0.335 e. The molecule has 0 spiro atoms. The molecule has 0 atom stereocenters. The summed E-state index contributed by atoms with van der Waals surface area (Å²) in [5, 5.41) is 13.0. The summed E-state index contributed by atoms with van der Waals surface area (Å²) < 4.78 is 11.3. The van der Waals surface area contributed by atoms with Crippen LogP contribution in [0.5, 0.6) is 11.5 Å². The zero-order valence-electron chi connectivity index (χ0n) is 16.1. The van der Waals surface area contributed by atoms with Gasteiger partial charge in [-0.05, 0) is 42.0 Å². The number of rotatable bonds is 8. The first kappa shape index (κ1) is 20.5. The summed E-state index contributed by atoms with van der Waals surface area (Å²) in [4.78, 5) is 26.9. The minimum atomic E-state index is -0.987. The summed E-state index contributed by atoms with van der Waals surface area (Å²) in [6, 6.07) is 15.0. The van der Waals surface area contributed by atoms with Crippen molar-refractivity contribution in [2.24, 2.45) is 5.10 Å². The van der Waals surface area contributed by atoms with Crippen LogP contribution in [0.15, 0.2) is 72.1 Å². The Bertz CT molecular complexity index is 1050. The molecule has 0 aliphatic rings. The molecule has 1 heterocycles. The third-order valence-corrected chi connectivity index (χ3v) is 4.11. The summed E-state index contributed by atoms with van der Waals surface area (Å²) in [5.41, 5.74) is 4.42. The first-order chi connectivity index (χ1) is 14.6. The van der Waals surface area contributed by atoms with E-state index >= 15 is 0 Å². The highest BCUT2D eigenvalue weighted by molar-refractivity contribution is 5.95. The molecule has 0 fully saturated rings. The van der Waals surface area contributed by atoms with Gasteiger partial charge in [-0.25, -0.2) is 10.2 Å². The van der Waals surface area contributed by atoms with Crippen LogP contribution in [0.25, 0.3) is 0 Å². The first-order valence-corrected chi connectivity index (χ1v) is 8.94. The highest BCUT2D eigenvalue weighted by Gasteiger charge is 2.11. The Hall–Kier alpha value is -4.20. The summed E-state index contributed by atoms with van der Waals surface area (Å²) in [6.45, 7) is 0.198. The zero-order chi connectivity index (χ0) is 21.3. The Labute approximate surface area is 172 Å². The molecule has 0 radical (unpaired) electrons. The molecule has 2 aromatic carbocycles. The molecule has 8 nitrogen and oxygen atoms in total. The lowest BCUT2D eigenvalue weighted by atomic mass is 10.1. The molecule has 2 N–H and O–H groups in total. The van der Waals surface area contributed by atoms with Gasteiger partial charge in [0.15, 0.2) is 11.5 Å². The number of ether oxygens (including phenoxy) is 2. The van der Waals surface area contributed by atoms with Crippen LogP contribution in [0.4, 0.5) is 0 Å². The number of pyridine rings is 1. The average molecular weight is 405 g/mol. The fourth-order valence-electron chi connectivity index (χ4n) is 2.57. The van der Waals surface area contributed by atoms with E-state index in [0.29, 0.717) is 22.6 Å². The predicted octanol–water partition coefficient (Wildman–Crippen LogP) is 3.13. The summed E-state index contributed by atoms with van der Waals surface area (Å²) in [7, 11) is 1.52. The van der Waals surface area contributed by atoms with Crippen LogP contribution in [0.1, 0.15) is 31.8 Å². The van der Waals surface area contributed by atoms with Crippen molar-refractivity contribution in [3.8, 4) is 11.5 Å². The van der Waals surface area contributed by atoms with Crippen LogP contribution in [0, 0.1) is 0 Å². The summed E-state index contributed by atoms with van der Waals surface area (Å²) >= 11 is 0. The monoisotopic (exact) mass is 405 g/mol. The topological polar surface area (TPSA) is 110 Å². The molecule has 152 valence electrons. The maximum absolute atomic E-state index is 12.1. The Morgan fingerprint density at radius 1 is 1.10 bits per heavy atom. The Balaban J connectivity index is 1.72. The SMILES string of the molecule is COc1cccc(C=NNC(=O)c2cccnc2)c1OCc1ccc(C(=O)O)cc1. The number of benzene rings is 2. The minimum Gasteiger partial charge on any atom is -0.493 e. The lowest BCUT2D eigenvalue weighted by Gasteiger charge is -2.13. The molecule has 0 aliphatic carbocycles. The van der Waals surface area contributed by atoms with Gasteiger partial charge >= 0.3 is 5.97 Å². The van der Waals surface area contributed by atoms with Crippen LogP contribution in [0.2, 0.25) is 0 Å². The second kappa shape index (κ2) is 9.83. The molecule has 0 unspecified atom stereocenters. The standard InChI is InChI=1S/C22H19N3O5/c1-29-19-6-2-4-17(13-24-25-21(26)18-5-3-11-23-12-18)20(19)30-14-15-7-9-16(10-8-15)22(27)28/h2-13H,14H2,1H3,(H,25,26)(H,27,28). The molecule has 3 aromatic rings. The lowest BCUT2D eigenvalue weighted by Crippen LogP contribution is -2.17. The number of carboxylic acids is 1. The third kappa shape index (κ3) is 5.20. The van der Waals surface area contributed by atoms with Crippen molar-refractivity contribution < 1.29 is 24.2 Å². The van der Waals surface area contributed by atoms with Crippen LogP contribution < -0.4 is 14.9 Å². The highest BCUT2D eigenvalue weighted by Crippen LogP contribution is 2.30. The number of amides is 1. The maximum Gasteiger partial charge on any atom is 0.335 e. The van der Waals surface area contributed by atoms with Crippen LogP contribution in [-0.4, -0.2) is 35.3 Å². The van der Waals surface area contributed by atoms with Crippen molar-refractivity contribution in [3.63, 3.8) is 0 Å². The van der Waals surface area contributed by atoms with Crippen molar-refractivity contribution >= 4 is 18.1 Å². The van der Waals surface area contributed by atoms with Crippen molar-refractivity contribution in [2.45, 2.75) is 6.61 Å². The van der Waals surface area contributed by atoms with Gasteiger partial charge in [0.1, 0.15) is 6.61 Å². The van der Waals surface area contributed by atoms with Crippen molar-refractivity contribution in [1.29, 1.82) is 0 Å². The number of hydrogen-bond donors (Lipinski definition) is 2. The van der Waals surface area contributed by atoms with Crippen LogP contribution in [0.3, 0.4) is 0 Å². The van der Waals surface area contributed by atoms with Gasteiger partial charge < -0.3 is 14.6 Å². The number of para-hydroxylation sites is 1. The number of hydrogen-bond acceptors (Lipinski definition) is 6. The van der Waals surface area contributed by atoms with E-state index in [-0.39, 0.29) is 18.1 Å². The Morgan fingerprint density at radius 2 is 1.90 bits per heavy atom. The van der Waals surface area contributed by atoms with E-state index in [1.54, 1.807) is 48.7 Å². The quantitative estimate of drug-likeness (QED) is 0.440. The number of nitrogens with zero attached hydrogens (tertiary/aromatic N) is 2. The number of hydrazone groups is 1. The van der Waals surface area contributed by atoms with Gasteiger partial charge in [-0.15, -0.1) is 0 Å². The van der Waals surface area contributed by atoms with E-state index in [0.717, 1.165) is 5.56 Å². The molecular formula is C22H19N3O5. The molecule has 0 saturated heterocycles. The van der Waals surface area contributed by atoms with E-state index in [2.05, 4.69) is 15.5 Å².